The lowest BCUT2D eigenvalue weighted by atomic mass is 9.97. The number of pyridine rings is 2. The van der Waals surface area contributed by atoms with Crippen molar-refractivity contribution in [2.45, 2.75) is 20.3 Å². The molecule has 0 spiro atoms. The largest absolute Gasteiger partial charge is 0.355 e. The highest BCUT2D eigenvalue weighted by atomic mass is 16.1. The third kappa shape index (κ3) is 4.72. The van der Waals surface area contributed by atoms with Crippen LogP contribution in [-0.2, 0) is 6.42 Å². The van der Waals surface area contributed by atoms with Crippen LogP contribution < -0.4 is 10.8 Å². The monoisotopic (exact) mass is 427 g/mol. The molecule has 7 nitrogen and oxygen atoms in total. The number of benzene rings is 1. The number of hydrogen-bond acceptors (Lipinski definition) is 5. The van der Waals surface area contributed by atoms with Gasteiger partial charge in [-0.1, -0.05) is 25.1 Å². The summed E-state index contributed by atoms with van der Waals surface area (Å²) in [5, 5.41) is 3.53. The predicted molar refractivity (Wildman–Crippen MR) is 125 cm³/mol. The quantitative estimate of drug-likeness (QED) is 0.492. The standard InChI is InChI=1S/C25H26N6O/c1-16(11-18-5-4-6-20-21(25(32)26-3)9-10-27-24(18)20)13-29-23-12-22(30-15-31-23)19-8-7-17(2)28-14-19/h4-10,12,14-16H,11,13H2,1-3H3,(H,26,32)(H,29,30,31)/t16-/m0/s1/i15D. The van der Waals surface area contributed by atoms with Gasteiger partial charge in [0, 0.05) is 48.7 Å². The second-order valence-corrected chi connectivity index (χ2v) is 7.85. The first kappa shape index (κ1) is 20.1. The van der Waals surface area contributed by atoms with Gasteiger partial charge in [-0.05, 0) is 43.0 Å². The number of hydrogen-bond donors (Lipinski definition) is 2. The molecule has 0 aliphatic carbocycles. The van der Waals surface area contributed by atoms with Gasteiger partial charge in [-0.2, -0.15) is 0 Å². The number of carbonyl (C=O) groups excluding carboxylic acids is 1. The van der Waals surface area contributed by atoms with Crippen molar-refractivity contribution < 1.29 is 6.17 Å². The van der Waals surface area contributed by atoms with E-state index in [2.05, 4.69) is 37.2 Å². The van der Waals surface area contributed by atoms with Crippen molar-refractivity contribution in [2.75, 3.05) is 13.6 Å². The number of aromatic nitrogens is 4. The molecule has 0 bridgehead atoms. The molecule has 1 amide bonds. The summed E-state index contributed by atoms with van der Waals surface area (Å²) in [5.41, 5.74) is 5.61. The van der Waals surface area contributed by atoms with E-state index in [9.17, 15) is 4.79 Å². The first-order chi connectivity index (χ1) is 15.9. The summed E-state index contributed by atoms with van der Waals surface area (Å²) in [4.78, 5) is 32.9. The molecule has 7 heteroatoms. The average molecular weight is 428 g/mol. The molecule has 1 atom stereocenters. The zero-order valence-corrected chi connectivity index (χ0v) is 18.4. The molecule has 0 unspecified atom stereocenters. The minimum absolute atomic E-state index is 0.0551. The van der Waals surface area contributed by atoms with Gasteiger partial charge in [-0.25, -0.2) is 4.98 Å². The zero-order valence-electron chi connectivity index (χ0n) is 19.4. The molecule has 162 valence electrons. The Labute approximate surface area is 188 Å². The normalized spacial score (nSPS) is 13.1. The number of nitrogens with one attached hydrogen (secondary N) is 2. The van der Waals surface area contributed by atoms with Crippen molar-refractivity contribution in [2.24, 2.45) is 10.9 Å². The van der Waals surface area contributed by atoms with Crippen LogP contribution in [0.5, 0.6) is 0 Å². The number of rotatable bonds is 6. The summed E-state index contributed by atoms with van der Waals surface area (Å²) < 4.78 is 8.01. The molecule has 0 fully saturated rings. The highest BCUT2D eigenvalue weighted by Crippen LogP contribution is 2.23. The minimum Gasteiger partial charge on any atom is -0.355 e. The highest BCUT2D eigenvalue weighted by Gasteiger charge is 2.13. The number of aromatic amines is 1. The topological polar surface area (TPSA) is 95.9 Å². The van der Waals surface area contributed by atoms with Gasteiger partial charge in [0.15, 0.2) is 5.49 Å². The van der Waals surface area contributed by atoms with E-state index in [4.69, 9.17) is 1.37 Å². The van der Waals surface area contributed by atoms with Crippen LogP contribution in [0.4, 0.5) is 0 Å². The van der Waals surface area contributed by atoms with Crippen LogP contribution in [0.1, 0.15) is 29.9 Å². The fraction of sp³-hybridized carbons (Fsp3) is 0.240. The Balaban J connectivity index is 1.56. The van der Waals surface area contributed by atoms with Gasteiger partial charge in [-0.3, -0.25) is 19.8 Å². The second-order valence-electron chi connectivity index (χ2n) is 7.85. The van der Waals surface area contributed by atoms with Crippen LogP contribution >= 0.6 is 0 Å². The molecule has 0 aliphatic heterocycles. The maximum absolute atomic E-state index is 12.2. The maximum atomic E-state index is 12.2. The van der Waals surface area contributed by atoms with Gasteiger partial charge in [0.2, 0.25) is 0 Å². The molecule has 4 aromatic rings. The lowest BCUT2D eigenvalue weighted by Crippen LogP contribution is -2.18. The van der Waals surface area contributed by atoms with Crippen LogP contribution in [0.25, 0.3) is 22.2 Å². The van der Waals surface area contributed by atoms with Gasteiger partial charge < -0.3 is 10.3 Å². The lowest BCUT2D eigenvalue weighted by molar-refractivity contribution is 0.0964. The summed E-state index contributed by atoms with van der Waals surface area (Å²) in [6.07, 6.45) is 4.26. The maximum Gasteiger partial charge on any atom is 0.251 e. The summed E-state index contributed by atoms with van der Waals surface area (Å²) in [6.45, 7) is 4.60. The van der Waals surface area contributed by atoms with E-state index in [1.165, 1.54) is 0 Å². The Bertz CT molecular complexity index is 1360. The molecular weight excluding hydrogens is 400 g/mol. The van der Waals surface area contributed by atoms with E-state index in [-0.39, 0.29) is 18.1 Å². The second kappa shape index (κ2) is 9.51. The number of H-pyrrole nitrogens is 1. The number of amides is 1. The average Bonchev–Trinajstić information content (AvgIpc) is 2.82. The first-order valence-corrected chi connectivity index (χ1v) is 10.5. The third-order valence-electron chi connectivity index (χ3n) is 5.32. The molecule has 0 aliphatic rings. The smallest absolute Gasteiger partial charge is 0.251 e. The van der Waals surface area contributed by atoms with Crippen LogP contribution in [0.3, 0.4) is 0 Å². The van der Waals surface area contributed by atoms with Crippen molar-refractivity contribution >= 4 is 16.8 Å². The number of fused-ring (bicyclic) bond motifs is 1. The fourth-order valence-electron chi connectivity index (χ4n) is 3.63. The molecular formula is C25H26N6O. The van der Waals surface area contributed by atoms with Gasteiger partial charge in [-0.15, -0.1) is 0 Å². The molecule has 32 heavy (non-hydrogen) atoms. The summed E-state index contributed by atoms with van der Waals surface area (Å²) in [5.74, 6) is 0.0889. The van der Waals surface area contributed by atoms with E-state index in [1.54, 1.807) is 25.5 Å². The molecule has 1 aromatic carbocycles. The number of carbonyl (C=O) groups is 1. The van der Waals surface area contributed by atoms with E-state index < -0.39 is 0 Å². The van der Waals surface area contributed by atoms with E-state index >= 15 is 0 Å². The molecule has 0 saturated heterocycles. The Kier molecular flexibility index (Phi) is 5.96. The van der Waals surface area contributed by atoms with Crippen molar-refractivity contribution in [3.05, 3.63) is 83.5 Å². The van der Waals surface area contributed by atoms with Crippen LogP contribution in [0, 0.1) is 12.8 Å². The van der Waals surface area contributed by atoms with Crippen LogP contribution in [0.15, 0.2) is 66.2 Å². The predicted octanol–water partition coefficient (Wildman–Crippen LogP) is 3.47. The first-order valence-electron chi connectivity index (χ1n) is 11.0. The molecule has 2 N–H and O–H groups in total. The van der Waals surface area contributed by atoms with Gasteiger partial charge in [0.05, 0.1) is 23.1 Å². The Morgan fingerprint density at radius 1 is 1.22 bits per heavy atom. The summed E-state index contributed by atoms with van der Waals surface area (Å²) in [6, 6.07) is 13.4. The molecule has 0 saturated carbocycles. The van der Waals surface area contributed by atoms with Crippen molar-refractivity contribution in [1.29, 1.82) is 0 Å². The van der Waals surface area contributed by atoms with Crippen molar-refractivity contribution in [3.63, 3.8) is 0 Å². The minimum atomic E-state index is -0.125. The van der Waals surface area contributed by atoms with Crippen molar-refractivity contribution in [1.82, 2.24) is 25.3 Å². The number of aryl methyl sites for hydroxylation is 1. The van der Waals surface area contributed by atoms with Crippen LogP contribution in [-0.4, -0.2) is 39.4 Å². The Morgan fingerprint density at radius 2 is 2.09 bits per heavy atom. The molecule has 0 radical (unpaired) electrons. The highest BCUT2D eigenvalue weighted by molar-refractivity contribution is 6.06. The number of nitrogens with zero attached hydrogens (tertiary/aromatic N) is 4. The fourth-order valence-corrected chi connectivity index (χ4v) is 3.63. The molecule has 3 heterocycles. The van der Waals surface area contributed by atoms with E-state index in [0.29, 0.717) is 17.6 Å². The third-order valence-corrected chi connectivity index (χ3v) is 5.32. The van der Waals surface area contributed by atoms with Gasteiger partial charge in [0.25, 0.3) is 5.91 Å². The van der Waals surface area contributed by atoms with Crippen LogP contribution in [0.2, 0.25) is 0 Å². The van der Waals surface area contributed by atoms with Crippen molar-refractivity contribution in [3.8, 4) is 11.3 Å². The Morgan fingerprint density at radius 3 is 2.88 bits per heavy atom. The lowest BCUT2D eigenvalue weighted by Gasteiger charge is -2.12. The summed E-state index contributed by atoms with van der Waals surface area (Å²) >= 11 is 0. The summed E-state index contributed by atoms with van der Waals surface area (Å²) in [7, 11) is 1.63. The Hall–Kier alpha value is -3.87. The zero-order chi connectivity index (χ0) is 23.4. The van der Waals surface area contributed by atoms with Gasteiger partial charge >= 0.3 is 0 Å². The molecule has 4 rings (SSSR count). The van der Waals surface area contributed by atoms with E-state index in [1.807, 2.05) is 43.3 Å². The van der Waals surface area contributed by atoms with E-state index in [0.717, 1.165) is 39.8 Å². The SMILES string of the molecule is [2H]c1nc(=NC[C@@H](C)Cc2cccc3c(C(=O)NC)ccnc23)cc(-c2ccc(C)nc2)[nH]1. The molecule has 3 aromatic heterocycles. The number of para-hydroxylation sites is 1. The van der Waals surface area contributed by atoms with Gasteiger partial charge in [0.1, 0.15) is 1.37 Å².